The van der Waals surface area contributed by atoms with Gasteiger partial charge in [-0.1, -0.05) is 31.0 Å². The summed E-state index contributed by atoms with van der Waals surface area (Å²) in [5.74, 6) is 0.0563. The lowest BCUT2D eigenvalue weighted by atomic mass is 9.93. The van der Waals surface area contributed by atoms with Crippen LogP contribution in [-0.4, -0.2) is 43.8 Å². The monoisotopic (exact) mass is 349 g/mol. The molecular formula is C18H23NO4S. The fourth-order valence-electron chi connectivity index (χ4n) is 3.71. The minimum Gasteiger partial charge on any atom is -0.451 e. The third-order valence-corrected chi connectivity index (χ3v) is 6.72. The Morgan fingerprint density at radius 2 is 1.88 bits per heavy atom. The molecule has 0 bridgehead atoms. The van der Waals surface area contributed by atoms with Gasteiger partial charge >= 0.3 is 0 Å². The van der Waals surface area contributed by atoms with E-state index in [-0.39, 0.29) is 11.9 Å². The van der Waals surface area contributed by atoms with E-state index in [1.54, 1.807) is 11.9 Å². The van der Waals surface area contributed by atoms with Crippen LogP contribution in [0.15, 0.2) is 28.7 Å². The number of aryl methyl sites for hydroxylation is 1. The molecule has 1 amide bonds. The third kappa shape index (κ3) is 2.95. The minimum atomic E-state index is -3.20. The van der Waals surface area contributed by atoms with Crippen LogP contribution in [0.2, 0.25) is 0 Å². The number of nitrogens with zero attached hydrogens (tertiary/aromatic N) is 1. The number of fused-ring (bicyclic) bond motifs is 1. The largest absolute Gasteiger partial charge is 0.451 e. The number of rotatable bonds is 3. The summed E-state index contributed by atoms with van der Waals surface area (Å²) in [5.41, 5.74) is 1.48. The number of carbonyl (C=O) groups excluding carboxylic acids is 1. The van der Waals surface area contributed by atoms with Gasteiger partial charge in [0.1, 0.15) is 5.58 Å². The van der Waals surface area contributed by atoms with Crippen molar-refractivity contribution in [3.05, 3.63) is 35.6 Å². The second-order valence-corrected chi connectivity index (χ2v) is 8.95. The summed E-state index contributed by atoms with van der Waals surface area (Å²) in [6, 6.07) is 7.23. The molecule has 0 saturated heterocycles. The number of amides is 1. The van der Waals surface area contributed by atoms with Crippen LogP contribution >= 0.6 is 0 Å². The summed E-state index contributed by atoms with van der Waals surface area (Å²) in [5, 5.41) is 0.419. The molecule has 0 spiro atoms. The van der Waals surface area contributed by atoms with E-state index >= 15 is 0 Å². The molecule has 1 heterocycles. The van der Waals surface area contributed by atoms with Gasteiger partial charge in [-0.05, 0) is 25.8 Å². The van der Waals surface area contributed by atoms with Gasteiger partial charge in [0.2, 0.25) is 0 Å². The third-order valence-electron chi connectivity index (χ3n) is 5.07. The van der Waals surface area contributed by atoms with Crippen LogP contribution in [-0.2, 0) is 9.84 Å². The molecule has 6 heteroatoms. The summed E-state index contributed by atoms with van der Waals surface area (Å²) < 4.78 is 30.0. The molecule has 0 unspecified atom stereocenters. The lowest BCUT2D eigenvalue weighted by molar-refractivity contribution is 0.0669. The van der Waals surface area contributed by atoms with Gasteiger partial charge in [0.25, 0.3) is 5.91 Å². The molecule has 1 aliphatic carbocycles. The van der Waals surface area contributed by atoms with Gasteiger partial charge in [0.15, 0.2) is 15.6 Å². The van der Waals surface area contributed by atoms with Gasteiger partial charge in [0, 0.05) is 30.3 Å². The van der Waals surface area contributed by atoms with E-state index in [0.29, 0.717) is 24.2 Å². The Labute approximate surface area is 142 Å². The van der Waals surface area contributed by atoms with E-state index in [9.17, 15) is 13.2 Å². The Kier molecular flexibility index (Phi) is 4.42. The summed E-state index contributed by atoms with van der Waals surface area (Å²) in [6.07, 6.45) is 4.41. The van der Waals surface area contributed by atoms with Crippen LogP contribution in [0.25, 0.3) is 11.0 Å². The van der Waals surface area contributed by atoms with Crippen molar-refractivity contribution in [3.8, 4) is 0 Å². The first-order valence-corrected chi connectivity index (χ1v) is 10.2. The Bertz CT molecular complexity index is 868. The maximum absolute atomic E-state index is 12.9. The fraction of sp³-hybridized carbons (Fsp3) is 0.500. The van der Waals surface area contributed by atoms with Crippen molar-refractivity contribution in [3.63, 3.8) is 0 Å². The molecule has 3 rings (SSSR count). The zero-order chi connectivity index (χ0) is 17.5. The van der Waals surface area contributed by atoms with Gasteiger partial charge in [-0.25, -0.2) is 8.42 Å². The molecule has 130 valence electrons. The highest BCUT2D eigenvalue weighted by Gasteiger charge is 2.38. The van der Waals surface area contributed by atoms with Crippen molar-refractivity contribution in [2.24, 2.45) is 0 Å². The van der Waals surface area contributed by atoms with Gasteiger partial charge in [-0.15, -0.1) is 0 Å². The van der Waals surface area contributed by atoms with E-state index in [4.69, 9.17) is 4.42 Å². The zero-order valence-corrected chi connectivity index (χ0v) is 15.1. The SMILES string of the molecule is Cc1c(C(=O)N(C)[C@@H]2CCCC[C@@H]2S(C)(=O)=O)oc2ccccc12. The van der Waals surface area contributed by atoms with Crippen molar-refractivity contribution in [2.75, 3.05) is 13.3 Å². The molecule has 0 N–H and O–H groups in total. The van der Waals surface area contributed by atoms with Crippen LogP contribution < -0.4 is 0 Å². The molecule has 1 fully saturated rings. The van der Waals surface area contributed by atoms with Crippen molar-refractivity contribution in [1.82, 2.24) is 4.90 Å². The number of para-hydroxylation sites is 1. The highest BCUT2D eigenvalue weighted by atomic mass is 32.2. The van der Waals surface area contributed by atoms with Crippen molar-refractivity contribution in [1.29, 1.82) is 0 Å². The Hall–Kier alpha value is -1.82. The molecule has 24 heavy (non-hydrogen) atoms. The first-order chi connectivity index (χ1) is 11.3. The average molecular weight is 349 g/mol. The maximum atomic E-state index is 12.9. The summed E-state index contributed by atoms with van der Waals surface area (Å²) in [6.45, 7) is 1.86. The minimum absolute atomic E-state index is 0.246. The zero-order valence-electron chi connectivity index (χ0n) is 14.3. The highest BCUT2D eigenvalue weighted by molar-refractivity contribution is 7.91. The maximum Gasteiger partial charge on any atom is 0.289 e. The van der Waals surface area contributed by atoms with Gasteiger partial charge in [-0.3, -0.25) is 4.79 Å². The molecule has 0 aliphatic heterocycles. The number of benzene rings is 1. The standard InChI is InChI=1S/C18H23NO4S/c1-12-13-8-4-6-10-15(13)23-17(12)18(20)19(2)14-9-5-7-11-16(14)24(3,21)22/h4,6,8,10,14,16H,5,7,9,11H2,1-3H3/t14-,16+/m1/s1. The number of sulfone groups is 1. The van der Waals surface area contributed by atoms with Crippen LogP contribution in [0.1, 0.15) is 41.8 Å². The van der Waals surface area contributed by atoms with E-state index in [1.165, 1.54) is 6.26 Å². The molecule has 1 aromatic carbocycles. The topological polar surface area (TPSA) is 67.6 Å². The smallest absolute Gasteiger partial charge is 0.289 e. The normalized spacial score (nSPS) is 21.8. The molecule has 0 radical (unpaired) electrons. The van der Waals surface area contributed by atoms with Crippen LogP contribution in [0.4, 0.5) is 0 Å². The highest BCUT2D eigenvalue weighted by Crippen LogP contribution is 2.30. The van der Waals surface area contributed by atoms with E-state index in [2.05, 4.69) is 0 Å². The quantitative estimate of drug-likeness (QED) is 0.853. The molecule has 1 aliphatic rings. The number of hydrogen-bond donors (Lipinski definition) is 0. The molecule has 1 aromatic heterocycles. The van der Waals surface area contributed by atoms with Crippen molar-refractivity contribution < 1.29 is 17.6 Å². The first kappa shape index (κ1) is 17.0. The number of carbonyl (C=O) groups is 1. The number of furan rings is 1. The van der Waals surface area contributed by atoms with E-state index in [1.807, 2.05) is 31.2 Å². The van der Waals surface area contributed by atoms with E-state index in [0.717, 1.165) is 23.8 Å². The average Bonchev–Trinajstić information content (AvgIpc) is 2.90. The van der Waals surface area contributed by atoms with Gasteiger partial charge in [-0.2, -0.15) is 0 Å². The predicted molar refractivity (Wildman–Crippen MR) is 93.9 cm³/mol. The summed E-state index contributed by atoms with van der Waals surface area (Å²) in [7, 11) is -1.51. The number of hydrogen-bond acceptors (Lipinski definition) is 4. The fourth-order valence-corrected chi connectivity index (χ4v) is 5.19. The second kappa shape index (κ2) is 6.24. The second-order valence-electron chi connectivity index (χ2n) is 6.69. The van der Waals surface area contributed by atoms with Gasteiger partial charge < -0.3 is 9.32 Å². The van der Waals surface area contributed by atoms with Crippen molar-refractivity contribution in [2.45, 2.75) is 43.9 Å². The van der Waals surface area contributed by atoms with Crippen LogP contribution in [0, 0.1) is 6.92 Å². The lowest BCUT2D eigenvalue weighted by Crippen LogP contribution is -2.49. The first-order valence-electron chi connectivity index (χ1n) is 8.25. The molecule has 2 atom stereocenters. The summed E-state index contributed by atoms with van der Waals surface area (Å²) >= 11 is 0. The van der Waals surface area contributed by atoms with Crippen LogP contribution in [0.3, 0.4) is 0 Å². The van der Waals surface area contributed by atoms with Crippen molar-refractivity contribution >= 4 is 26.7 Å². The summed E-state index contributed by atoms with van der Waals surface area (Å²) in [4.78, 5) is 14.5. The molecular weight excluding hydrogens is 326 g/mol. The molecule has 5 nitrogen and oxygen atoms in total. The predicted octanol–water partition coefficient (Wildman–Crippen LogP) is 3.17. The van der Waals surface area contributed by atoms with E-state index < -0.39 is 15.1 Å². The Balaban J connectivity index is 1.94. The Morgan fingerprint density at radius 3 is 2.54 bits per heavy atom. The Morgan fingerprint density at radius 1 is 1.21 bits per heavy atom. The molecule has 2 aromatic rings. The van der Waals surface area contributed by atoms with Gasteiger partial charge in [0.05, 0.1) is 5.25 Å². The lowest BCUT2D eigenvalue weighted by Gasteiger charge is -2.36. The van der Waals surface area contributed by atoms with Crippen LogP contribution in [0.5, 0.6) is 0 Å². The molecule has 1 saturated carbocycles.